The monoisotopic (exact) mass is 227 g/mol. The van der Waals surface area contributed by atoms with Gasteiger partial charge in [0.1, 0.15) is 0 Å². The Kier molecular flexibility index (Phi) is 3.88. The molecule has 0 amide bonds. The van der Waals surface area contributed by atoms with Crippen LogP contribution in [0.15, 0.2) is 0 Å². The summed E-state index contributed by atoms with van der Waals surface area (Å²) in [6.07, 6.45) is 5.62. The van der Waals surface area contributed by atoms with Crippen molar-refractivity contribution >= 4 is 0 Å². The Bertz CT molecular complexity index is 230. The number of hydrogen-bond acceptors (Lipinski definition) is 3. The van der Waals surface area contributed by atoms with E-state index in [1.165, 1.54) is 25.7 Å². The molecule has 94 valence electrons. The van der Waals surface area contributed by atoms with Gasteiger partial charge in [-0.3, -0.25) is 0 Å². The summed E-state index contributed by atoms with van der Waals surface area (Å²) >= 11 is 0. The summed E-state index contributed by atoms with van der Waals surface area (Å²) in [6, 6.07) is 0.706. The van der Waals surface area contributed by atoms with Crippen molar-refractivity contribution < 1.29 is 9.47 Å². The minimum Gasteiger partial charge on any atom is -0.348 e. The lowest BCUT2D eigenvalue weighted by atomic mass is 10.0. The zero-order valence-electron chi connectivity index (χ0n) is 10.8. The average molecular weight is 227 g/mol. The topological polar surface area (TPSA) is 30.5 Å². The van der Waals surface area contributed by atoms with Crippen LogP contribution in [0.3, 0.4) is 0 Å². The van der Waals surface area contributed by atoms with Gasteiger partial charge in [-0.05, 0) is 32.6 Å². The second-order valence-electron chi connectivity index (χ2n) is 5.56. The van der Waals surface area contributed by atoms with E-state index in [9.17, 15) is 0 Å². The number of rotatable bonds is 4. The maximum atomic E-state index is 5.79. The first-order valence-corrected chi connectivity index (χ1v) is 6.66. The van der Waals surface area contributed by atoms with Crippen molar-refractivity contribution in [2.75, 3.05) is 13.2 Å². The summed E-state index contributed by atoms with van der Waals surface area (Å²) in [4.78, 5) is 0. The molecule has 16 heavy (non-hydrogen) atoms. The van der Waals surface area contributed by atoms with Gasteiger partial charge < -0.3 is 14.8 Å². The quantitative estimate of drug-likeness (QED) is 0.799. The highest BCUT2D eigenvalue weighted by Gasteiger charge is 2.33. The molecule has 1 aliphatic heterocycles. The van der Waals surface area contributed by atoms with E-state index in [-0.39, 0.29) is 11.9 Å². The van der Waals surface area contributed by atoms with Gasteiger partial charge in [-0.25, -0.2) is 0 Å². The minimum atomic E-state index is -0.383. The third-order valence-electron chi connectivity index (χ3n) is 3.86. The predicted octanol–water partition coefficient (Wildman–Crippen LogP) is 2.31. The molecular formula is C13H25NO2. The lowest BCUT2D eigenvalue weighted by molar-refractivity contribution is -0.137. The van der Waals surface area contributed by atoms with Crippen molar-refractivity contribution in [1.82, 2.24) is 5.32 Å². The van der Waals surface area contributed by atoms with Gasteiger partial charge in [0.2, 0.25) is 0 Å². The number of ether oxygens (including phenoxy) is 2. The Morgan fingerprint density at radius 2 is 2.12 bits per heavy atom. The van der Waals surface area contributed by atoms with E-state index in [4.69, 9.17) is 9.47 Å². The highest BCUT2D eigenvalue weighted by molar-refractivity contribution is 4.84. The lowest BCUT2D eigenvalue weighted by Gasteiger charge is -2.22. The maximum absolute atomic E-state index is 5.79. The summed E-state index contributed by atoms with van der Waals surface area (Å²) in [5.74, 6) is 0.488. The van der Waals surface area contributed by atoms with Crippen LogP contribution < -0.4 is 5.32 Å². The van der Waals surface area contributed by atoms with Gasteiger partial charge in [-0.1, -0.05) is 19.8 Å². The molecule has 0 aromatic heterocycles. The molecule has 1 heterocycles. The Hall–Kier alpha value is -0.120. The summed E-state index contributed by atoms with van der Waals surface area (Å²) in [7, 11) is 0. The van der Waals surface area contributed by atoms with Crippen LogP contribution in [0.2, 0.25) is 0 Å². The molecule has 2 rings (SSSR count). The van der Waals surface area contributed by atoms with E-state index < -0.39 is 0 Å². The number of nitrogens with one attached hydrogen (secondary N) is 1. The fourth-order valence-corrected chi connectivity index (χ4v) is 2.94. The second kappa shape index (κ2) is 5.03. The summed E-state index contributed by atoms with van der Waals surface area (Å²) in [5.41, 5.74) is 0. The fraction of sp³-hybridized carbons (Fsp3) is 1.00. The first-order valence-electron chi connectivity index (χ1n) is 6.66. The second-order valence-corrected chi connectivity index (χ2v) is 5.56. The molecule has 0 aromatic carbocycles. The van der Waals surface area contributed by atoms with Crippen LogP contribution in [-0.4, -0.2) is 31.1 Å². The Balaban J connectivity index is 1.71. The van der Waals surface area contributed by atoms with Crippen molar-refractivity contribution in [3.63, 3.8) is 0 Å². The first kappa shape index (κ1) is 12.3. The molecule has 3 atom stereocenters. The summed E-state index contributed by atoms with van der Waals surface area (Å²) in [5, 5.41) is 3.66. The molecule has 3 unspecified atom stereocenters. The van der Waals surface area contributed by atoms with E-state index in [1.54, 1.807) is 0 Å². The zero-order chi connectivity index (χ0) is 11.6. The minimum absolute atomic E-state index is 0.230. The smallest absolute Gasteiger partial charge is 0.163 e. The third-order valence-corrected chi connectivity index (χ3v) is 3.86. The molecule has 0 bridgehead atoms. The molecule has 0 spiro atoms. The van der Waals surface area contributed by atoms with Crippen LogP contribution in [0.5, 0.6) is 0 Å². The third kappa shape index (κ3) is 2.96. The molecule has 1 saturated heterocycles. The van der Waals surface area contributed by atoms with Gasteiger partial charge in [0.05, 0.1) is 12.7 Å². The molecular weight excluding hydrogens is 202 g/mol. The van der Waals surface area contributed by atoms with Gasteiger partial charge in [0, 0.05) is 12.6 Å². The van der Waals surface area contributed by atoms with Crippen LogP contribution in [0, 0.1) is 5.92 Å². The van der Waals surface area contributed by atoms with Crippen molar-refractivity contribution in [2.45, 2.75) is 64.4 Å². The average Bonchev–Trinajstić information content (AvgIpc) is 2.81. The Labute approximate surface area is 98.9 Å². The largest absolute Gasteiger partial charge is 0.348 e. The molecule has 3 nitrogen and oxygen atoms in total. The van der Waals surface area contributed by atoms with E-state index in [1.807, 2.05) is 13.8 Å². The van der Waals surface area contributed by atoms with Gasteiger partial charge in [0.25, 0.3) is 0 Å². The highest BCUT2D eigenvalue weighted by Crippen LogP contribution is 2.28. The molecule has 0 radical (unpaired) electrons. The van der Waals surface area contributed by atoms with Crippen LogP contribution in [0.4, 0.5) is 0 Å². The SMILES string of the molecule is CCC1CCCC1NCC1COC(C)(C)O1. The first-order chi connectivity index (χ1) is 7.61. The van der Waals surface area contributed by atoms with Gasteiger partial charge in [-0.2, -0.15) is 0 Å². The fourth-order valence-electron chi connectivity index (χ4n) is 2.94. The van der Waals surface area contributed by atoms with Crippen LogP contribution in [0.1, 0.15) is 46.5 Å². The van der Waals surface area contributed by atoms with Crippen molar-refractivity contribution in [3.8, 4) is 0 Å². The molecule has 0 aromatic rings. The van der Waals surface area contributed by atoms with E-state index in [0.717, 1.165) is 19.1 Å². The van der Waals surface area contributed by atoms with Crippen LogP contribution in [0.25, 0.3) is 0 Å². The van der Waals surface area contributed by atoms with Gasteiger partial charge >= 0.3 is 0 Å². The number of hydrogen-bond donors (Lipinski definition) is 1. The standard InChI is InChI=1S/C13H25NO2/c1-4-10-6-5-7-12(10)14-8-11-9-15-13(2,3)16-11/h10-12,14H,4-9H2,1-3H3. The highest BCUT2D eigenvalue weighted by atomic mass is 16.7. The van der Waals surface area contributed by atoms with Crippen molar-refractivity contribution in [2.24, 2.45) is 5.92 Å². The zero-order valence-corrected chi connectivity index (χ0v) is 10.8. The predicted molar refractivity (Wildman–Crippen MR) is 64.3 cm³/mol. The molecule has 2 fully saturated rings. The summed E-state index contributed by atoms with van der Waals surface area (Å²) < 4.78 is 11.4. The molecule has 1 N–H and O–H groups in total. The normalized spacial score (nSPS) is 38.1. The van der Waals surface area contributed by atoms with Crippen molar-refractivity contribution in [3.05, 3.63) is 0 Å². The maximum Gasteiger partial charge on any atom is 0.163 e. The van der Waals surface area contributed by atoms with Crippen molar-refractivity contribution in [1.29, 1.82) is 0 Å². The molecule has 3 heteroatoms. The Morgan fingerprint density at radius 3 is 2.75 bits per heavy atom. The molecule has 1 saturated carbocycles. The van der Waals surface area contributed by atoms with Crippen LogP contribution in [-0.2, 0) is 9.47 Å². The lowest BCUT2D eigenvalue weighted by Crippen LogP contribution is -2.39. The van der Waals surface area contributed by atoms with E-state index >= 15 is 0 Å². The van der Waals surface area contributed by atoms with Gasteiger partial charge in [0.15, 0.2) is 5.79 Å². The van der Waals surface area contributed by atoms with E-state index in [2.05, 4.69) is 12.2 Å². The van der Waals surface area contributed by atoms with E-state index in [0.29, 0.717) is 6.04 Å². The summed E-state index contributed by atoms with van der Waals surface area (Å²) in [6.45, 7) is 7.92. The molecule has 1 aliphatic carbocycles. The Morgan fingerprint density at radius 1 is 1.31 bits per heavy atom. The molecule has 2 aliphatic rings. The van der Waals surface area contributed by atoms with Gasteiger partial charge in [-0.15, -0.1) is 0 Å². The van der Waals surface area contributed by atoms with Crippen LogP contribution >= 0.6 is 0 Å².